The zero-order valence-electron chi connectivity index (χ0n) is 12.9. The fraction of sp³-hybridized carbons (Fsp3) is 0.611. The van der Waals surface area contributed by atoms with Gasteiger partial charge in [-0.05, 0) is 49.4 Å². The molecule has 1 unspecified atom stereocenters. The number of carbonyl (C=O) groups is 1. The summed E-state index contributed by atoms with van der Waals surface area (Å²) in [6.07, 6.45) is 7.23. The van der Waals surface area contributed by atoms with Crippen molar-refractivity contribution in [3.8, 4) is 0 Å². The van der Waals surface area contributed by atoms with Crippen molar-refractivity contribution in [2.75, 3.05) is 18.0 Å². The van der Waals surface area contributed by atoms with Crippen molar-refractivity contribution in [1.82, 2.24) is 0 Å². The van der Waals surface area contributed by atoms with Crippen molar-refractivity contribution in [2.45, 2.75) is 52.4 Å². The van der Waals surface area contributed by atoms with Gasteiger partial charge in [-0.25, -0.2) is 0 Å². The van der Waals surface area contributed by atoms with E-state index in [1.807, 2.05) is 19.1 Å². The van der Waals surface area contributed by atoms with Crippen molar-refractivity contribution in [3.63, 3.8) is 0 Å². The largest absolute Gasteiger partial charge is 0.372 e. The molecule has 0 radical (unpaired) electrons. The molecule has 1 heterocycles. The maximum absolute atomic E-state index is 11.7. The van der Waals surface area contributed by atoms with Crippen LogP contribution in [0.25, 0.3) is 0 Å². The smallest absolute Gasteiger partial charge is 0.162 e. The highest BCUT2D eigenvalue weighted by molar-refractivity contribution is 5.96. The van der Waals surface area contributed by atoms with Crippen LogP contribution in [0.4, 0.5) is 5.69 Å². The van der Waals surface area contributed by atoms with Crippen LogP contribution >= 0.6 is 0 Å². The molecule has 0 amide bonds. The fourth-order valence-corrected chi connectivity index (χ4v) is 3.18. The Bertz CT molecular complexity index is 424. The number of hydrogen-bond donors (Lipinski definition) is 0. The average molecular weight is 273 g/mol. The van der Waals surface area contributed by atoms with Crippen molar-refractivity contribution in [3.05, 3.63) is 29.8 Å². The second kappa shape index (κ2) is 7.47. The van der Waals surface area contributed by atoms with E-state index >= 15 is 0 Å². The molecule has 0 aromatic heterocycles. The van der Waals surface area contributed by atoms with Crippen LogP contribution in [0.5, 0.6) is 0 Å². The lowest BCUT2D eigenvalue weighted by Gasteiger charge is -2.23. The van der Waals surface area contributed by atoms with Gasteiger partial charge in [0.15, 0.2) is 5.78 Å². The number of Topliss-reactive ketones (excluding diaryl/α,β-unsaturated/α-hetero) is 1. The lowest BCUT2D eigenvalue weighted by molar-refractivity contribution is 0.0988. The highest BCUT2D eigenvalue weighted by Gasteiger charge is 2.16. The first kappa shape index (κ1) is 15.1. The van der Waals surface area contributed by atoms with E-state index in [0.717, 1.165) is 24.6 Å². The molecule has 2 nitrogen and oxygen atoms in total. The minimum absolute atomic E-state index is 0.232. The third-order valence-corrected chi connectivity index (χ3v) is 4.42. The molecule has 1 atom stereocenters. The van der Waals surface area contributed by atoms with Crippen LogP contribution in [0.3, 0.4) is 0 Å². The van der Waals surface area contributed by atoms with Crippen LogP contribution in [-0.2, 0) is 0 Å². The van der Waals surface area contributed by atoms with Crippen LogP contribution in [-0.4, -0.2) is 18.9 Å². The Morgan fingerprint density at radius 1 is 1.15 bits per heavy atom. The molecule has 2 rings (SSSR count). The molecule has 20 heavy (non-hydrogen) atoms. The quantitative estimate of drug-likeness (QED) is 0.726. The molecule has 1 aliphatic heterocycles. The molecule has 0 saturated carbocycles. The monoisotopic (exact) mass is 273 g/mol. The molecule has 110 valence electrons. The molecule has 0 N–H and O–H groups in total. The van der Waals surface area contributed by atoms with Crippen LogP contribution in [0, 0.1) is 5.92 Å². The fourth-order valence-electron chi connectivity index (χ4n) is 3.18. The van der Waals surface area contributed by atoms with E-state index in [4.69, 9.17) is 0 Å². The number of nitrogens with zero attached hydrogens (tertiary/aromatic N) is 1. The molecule has 0 bridgehead atoms. The Balaban J connectivity index is 1.99. The maximum Gasteiger partial charge on any atom is 0.162 e. The molecular formula is C18H27NO. The van der Waals surface area contributed by atoms with E-state index in [0.29, 0.717) is 6.42 Å². The summed E-state index contributed by atoms with van der Waals surface area (Å²) in [6, 6.07) is 8.19. The van der Waals surface area contributed by atoms with Gasteiger partial charge in [0, 0.05) is 30.8 Å². The van der Waals surface area contributed by atoms with Gasteiger partial charge < -0.3 is 4.90 Å². The number of carbonyl (C=O) groups excluding carboxylic acids is 1. The Kier molecular flexibility index (Phi) is 5.63. The number of anilines is 1. The predicted octanol–water partition coefficient (Wildman–Crippen LogP) is 4.69. The Morgan fingerprint density at radius 3 is 2.55 bits per heavy atom. The van der Waals surface area contributed by atoms with E-state index in [1.165, 1.54) is 37.8 Å². The zero-order chi connectivity index (χ0) is 14.4. The van der Waals surface area contributed by atoms with E-state index in [2.05, 4.69) is 24.0 Å². The Morgan fingerprint density at radius 2 is 1.90 bits per heavy atom. The van der Waals surface area contributed by atoms with Gasteiger partial charge in [0.25, 0.3) is 0 Å². The van der Waals surface area contributed by atoms with Gasteiger partial charge in [-0.1, -0.05) is 26.7 Å². The summed E-state index contributed by atoms with van der Waals surface area (Å²) >= 11 is 0. The minimum atomic E-state index is 0.232. The van der Waals surface area contributed by atoms with Crippen LogP contribution in [0.2, 0.25) is 0 Å². The van der Waals surface area contributed by atoms with E-state index < -0.39 is 0 Å². The van der Waals surface area contributed by atoms with Crippen molar-refractivity contribution >= 4 is 11.5 Å². The zero-order valence-corrected chi connectivity index (χ0v) is 12.9. The molecule has 2 heteroatoms. The Hall–Kier alpha value is -1.31. The standard InChI is InChI=1S/C18H27NO/c1-3-6-15-7-5-13-19(14-12-15)17-10-8-16(9-11-17)18(20)4-2/h8-11,15H,3-7,12-14H2,1-2H3. The summed E-state index contributed by atoms with van der Waals surface area (Å²) in [5.41, 5.74) is 2.12. The SMILES string of the molecule is CCCC1CCCN(c2ccc(C(=O)CC)cc2)CC1. The Labute approximate surface area is 123 Å². The summed E-state index contributed by atoms with van der Waals surface area (Å²) in [6.45, 7) is 6.51. The van der Waals surface area contributed by atoms with Gasteiger partial charge in [-0.2, -0.15) is 0 Å². The van der Waals surface area contributed by atoms with Crippen LogP contribution in [0.1, 0.15) is 62.7 Å². The normalized spacial score (nSPS) is 19.7. The molecule has 0 aliphatic carbocycles. The summed E-state index contributed by atoms with van der Waals surface area (Å²) in [4.78, 5) is 14.1. The summed E-state index contributed by atoms with van der Waals surface area (Å²) < 4.78 is 0. The predicted molar refractivity (Wildman–Crippen MR) is 85.5 cm³/mol. The van der Waals surface area contributed by atoms with Crippen LogP contribution < -0.4 is 4.90 Å². The van der Waals surface area contributed by atoms with Crippen molar-refractivity contribution < 1.29 is 4.79 Å². The summed E-state index contributed by atoms with van der Waals surface area (Å²) in [5, 5.41) is 0. The molecule has 1 aromatic carbocycles. The first-order valence-electron chi connectivity index (χ1n) is 8.12. The van der Waals surface area contributed by atoms with Gasteiger partial charge in [0.05, 0.1) is 0 Å². The van der Waals surface area contributed by atoms with Crippen molar-refractivity contribution in [1.29, 1.82) is 0 Å². The lowest BCUT2D eigenvalue weighted by atomic mass is 9.96. The number of hydrogen-bond acceptors (Lipinski definition) is 2. The number of rotatable bonds is 5. The van der Waals surface area contributed by atoms with E-state index in [1.54, 1.807) is 0 Å². The highest BCUT2D eigenvalue weighted by Crippen LogP contribution is 2.25. The summed E-state index contributed by atoms with van der Waals surface area (Å²) in [7, 11) is 0. The first-order valence-corrected chi connectivity index (χ1v) is 8.12. The van der Waals surface area contributed by atoms with E-state index in [-0.39, 0.29) is 5.78 Å². The molecule has 1 saturated heterocycles. The van der Waals surface area contributed by atoms with Gasteiger partial charge >= 0.3 is 0 Å². The van der Waals surface area contributed by atoms with Gasteiger partial charge in [-0.3, -0.25) is 4.79 Å². The van der Waals surface area contributed by atoms with Gasteiger partial charge in [-0.15, -0.1) is 0 Å². The maximum atomic E-state index is 11.7. The number of ketones is 1. The van der Waals surface area contributed by atoms with Gasteiger partial charge in [0.2, 0.25) is 0 Å². The second-order valence-electron chi connectivity index (χ2n) is 5.90. The molecular weight excluding hydrogens is 246 g/mol. The molecule has 1 fully saturated rings. The lowest BCUT2D eigenvalue weighted by Crippen LogP contribution is -2.24. The van der Waals surface area contributed by atoms with E-state index in [9.17, 15) is 4.79 Å². The first-order chi connectivity index (χ1) is 9.74. The second-order valence-corrected chi connectivity index (χ2v) is 5.90. The third kappa shape index (κ3) is 3.84. The third-order valence-electron chi connectivity index (χ3n) is 4.42. The average Bonchev–Trinajstić information content (AvgIpc) is 2.73. The highest BCUT2D eigenvalue weighted by atomic mass is 16.1. The number of benzene rings is 1. The summed E-state index contributed by atoms with van der Waals surface area (Å²) in [5.74, 6) is 1.14. The molecule has 0 spiro atoms. The molecule has 1 aliphatic rings. The van der Waals surface area contributed by atoms with Crippen LogP contribution in [0.15, 0.2) is 24.3 Å². The van der Waals surface area contributed by atoms with Gasteiger partial charge in [0.1, 0.15) is 0 Å². The minimum Gasteiger partial charge on any atom is -0.372 e. The topological polar surface area (TPSA) is 20.3 Å². The van der Waals surface area contributed by atoms with Crippen molar-refractivity contribution in [2.24, 2.45) is 5.92 Å². The molecule has 1 aromatic rings.